The van der Waals surface area contributed by atoms with Gasteiger partial charge in [0.25, 0.3) is 5.91 Å². The van der Waals surface area contributed by atoms with Crippen LogP contribution >= 0.6 is 0 Å². The molecule has 0 spiro atoms. The zero-order chi connectivity index (χ0) is 21.8. The molecule has 0 fully saturated rings. The summed E-state index contributed by atoms with van der Waals surface area (Å²) in [4.78, 5) is 25.5. The normalized spacial score (nSPS) is 10.8. The van der Waals surface area contributed by atoms with Crippen molar-refractivity contribution in [2.45, 2.75) is 26.8 Å². The summed E-state index contributed by atoms with van der Waals surface area (Å²) < 4.78 is 7.64. The highest BCUT2D eigenvalue weighted by molar-refractivity contribution is 6.04. The molecule has 0 aliphatic rings. The SMILES string of the molecule is Cc1ccc(C(=O)Nc2cccc(-c3nncn3C(C)C)n2)cc1Oc1ncccn1. The summed E-state index contributed by atoms with van der Waals surface area (Å²) in [6.07, 6.45) is 4.84. The summed E-state index contributed by atoms with van der Waals surface area (Å²) in [5.74, 6) is 1.25. The van der Waals surface area contributed by atoms with Gasteiger partial charge in [-0.1, -0.05) is 12.1 Å². The van der Waals surface area contributed by atoms with Crippen LogP contribution in [0, 0.1) is 6.92 Å². The lowest BCUT2D eigenvalue weighted by atomic mass is 10.1. The highest BCUT2D eigenvalue weighted by atomic mass is 16.5. The quantitative estimate of drug-likeness (QED) is 0.506. The number of carbonyl (C=O) groups excluding carboxylic acids is 1. The maximum atomic E-state index is 12.8. The molecule has 3 heterocycles. The fourth-order valence-electron chi connectivity index (χ4n) is 2.91. The number of amides is 1. The predicted molar refractivity (Wildman–Crippen MR) is 115 cm³/mol. The van der Waals surface area contributed by atoms with Gasteiger partial charge in [-0.3, -0.25) is 4.79 Å². The van der Waals surface area contributed by atoms with Crippen LogP contribution in [0.15, 0.2) is 61.2 Å². The van der Waals surface area contributed by atoms with Gasteiger partial charge < -0.3 is 14.6 Å². The Morgan fingerprint density at radius 2 is 1.90 bits per heavy atom. The lowest BCUT2D eigenvalue weighted by molar-refractivity contribution is 0.102. The fraction of sp³-hybridized carbons (Fsp3) is 0.182. The first-order valence-corrected chi connectivity index (χ1v) is 9.75. The summed E-state index contributed by atoms with van der Waals surface area (Å²) >= 11 is 0. The molecule has 0 radical (unpaired) electrons. The number of nitrogens with zero attached hydrogens (tertiary/aromatic N) is 6. The van der Waals surface area contributed by atoms with Crippen LogP contribution in [0.2, 0.25) is 0 Å². The van der Waals surface area contributed by atoms with E-state index in [4.69, 9.17) is 4.74 Å². The van der Waals surface area contributed by atoms with Gasteiger partial charge in [0.1, 0.15) is 23.6 Å². The average Bonchev–Trinajstić information content (AvgIpc) is 3.27. The van der Waals surface area contributed by atoms with E-state index in [9.17, 15) is 4.79 Å². The zero-order valence-corrected chi connectivity index (χ0v) is 17.4. The van der Waals surface area contributed by atoms with Gasteiger partial charge in [0.05, 0.1) is 0 Å². The Labute approximate surface area is 179 Å². The van der Waals surface area contributed by atoms with Crippen molar-refractivity contribution in [3.05, 3.63) is 72.3 Å². The molecule has 0 aliphatic heterocycles. The summed E-state index contributed by atoms with van der Waals surface area (Å²) in [7, 11) is 0. The van der Waals surface area contributed by atoms with Crippen molar-refractivity contribution in [2.75, 3.05) is 5.32 Å². The molecule has 31 heavy (non-hydrogen) atoms. The molecule has 0 bridgehead atoms. The Morgan fingerprint density at radius 3 is 2.68 bits per heavy atom. The first kappa shape index (κ1) is 20.1. The van der Waals surface area contributed by atoms with Crippen molar-refractivity contribution in [1.82, 2.24) is 29.7 Å². The van der Waals surface area contributed by atoms with Crippen molar-refractivity contribution >= 4 is 11.7 Å². The molecule has 3 aromatic heterocycles. The van der Waals surface area contributed by atoms with Crippen molar-refractivity contribution in [3.8, 4) is 23.3 Å². The van der Waals surface area contributed by atoms with Crippen LogP contribution in [0.5, 0.6) is 11.8 Å². The Kier molecular flexibility index (Phi) is 5.65. The third kappa shape index (κ3) is 4.55. The maximum Gasteiger partial charge on any atom is 0.321 e. The number of rotatable bonds is 6. The Morgan fingerprint density at radius 1 is 1.10 bits per heavy atom. The largest absolute Gasteiger partial charge is 0.424 e. The molecule has 4 aromatic rings. The molecular weight excluding hydrogens is 394 g/mol. The van der Waals surface area contributed by atoms with Gasteiger partial charge in [0.2, 0.25) is 0 Å². The van der Waals surface area contributed by atoms with Crippen LogP contribution in [0.3, 0.4) is 0 Å². The smallest absolute Gasteiger partial charge is 0.321 e. The van der Waals surface area contributed by atoms with Gasteiger partial charge in [0.15, 0.2) is 5.82 Å². The predicted octanol–water partition coefficient (Wildman–Crippen LogP) is 4.06. The van der Waals surface area contributed by atoms with Crippen LogP contribution in [-0.2, 0) is 0 Å². The first-order chi connectivity index (χ1) is 15.0. The minimum absolute atomic E-state index is 0.185. The lowest BCUT2D eigenvalue weighted by Crippen LogP contribution is -2.13. The second kappa shape index (κ2) is 8.70. The van der Waals surface area contributed by atoms with Crippen LogP contribution in [0.1, 0.15) is 35.8 Å². The second-order valence-electron chi connectivity index (χ2n) is 7.13. The van der Waals surface area contributed by atoms with Gasteiger partial charge in [-0.25, -0.2) is 15.0 Å². The Balaban J connectivity index is 1.55. The van der Waals surface area contributed by atoms with Crippen LogP contribution in [0.4, 0.5) is 5.82 Å². The number of carbonyl (C=O) groups is 1. The highest BCUT2D eigenvalue weighted by Gasteiger charge is 2.14. The third-order valence-electron chi connectivity index (χ3n) is 4.54. The number of pyridine rings is 1. The average molecular weight is 415 g/mol. The summed E-state index contributed by atoms with van der Waals surface area (Å²) in [5, 5.41) is 11.0. The molecule has 4 rings (SSSR count). The topological polar surface area (TPSA) is 108 Å². The molecule has 0 unspecified atom stereocenters. The van der Waals surface area contributed by atoms with Gasteiger partial charge in [0, 0.05) is 24.0 Å². The maximum absolute atomic E-state index is 12.8. The van der Waals surface area contributed by atoms with Gasteiger partial charge in [-0.15, -0.1) is 10.2 Å². The van der Waals surface area contributed by atoms with Crippen molar-refractivity contribution in [1.29, 1.82) is 0 Å². The van der Waals surface area contributed by atoms with Crippen molar-refractivity contribution in [2.24, 2.45) is 0 Å². The summed E-state index contributed by atoms with van der Waals surface area (Å²) in [6.45, 7) is 5.96. The Bertz CT molecular complexity index is 1210. The minimum atomic E-state index is -0.311. The Hall–Kier alpha value is -4.14. The molecule has 9 heteroatoms. The van der Waals surface area contributed by atoms with E-state index in [1.54, 1.807) is 43.0 Å². The van der Waals surface area contributed by atoms with Gasteiger partial charge >= 0.3 is 6.01 Å². The zero-order valence-electron chi connectivity index (χ0n) is 17.4. The van der Waals surface area contributed by atoms with Crippen LogP contribution < -0.4 is 10.1 Å². The van der Waals surface area contributed by atoms with E-state index in [2.05, 4.69) is 30.5 Å². The van der Waals surface area contributed by atoms with E-state index in [1.807, 2.05) is 43.5 Å². The van der Waals surface area contributed by atoms with E-state index in [0.717, 1.165) is 5.56 Å². The number of hydrogen-bond acceptors (Lipinski definition) is 7. The van der Waals surface area contributed by atoms with Crippen molar-refractivity contribution in [3.63, 3.8) is 0 Å². The number of ether oxygens (including phenoxy) is 1. The molecule has 1 N–H and O–H groups in total. The summed E-state index contributed by atoms with van der Waals surface area (Å²) in [6, 6.07) is 12.7. The third-order valence-corrected chi connectivity index (χ3v) is 4.54. The van der Waals surface area contributed by atoms with Gasteiger partial charge in [-0.05, 0) is 56.7 Å². The molecular formula is C22H21N7O2. The molecule has 0 saturated carbocycles. The molecule has 0 aliphatic carbocycles. The molecule has 0 atom stereocenters. The second-order valence-corrected chi connectivity index (χ2v) is 7.13. The monoisotopic (exact) mass is 415 g/mol. The van der Waals surface area contributed by atoms with Crippen molar-refractivity contribution < 1.29 is 9.53 Å². The number of benzene rings is 1. The first-order valence-electron chi connectivity index (χ1n) is 9.75. The van der Waals surface area contributed by atoms with Crippen LogP contribution in [0.25, 0.3) is 11.5 Å². The van der Waals surface area contributed by atoms with E-state index < -0.39 is 0 Å². The number of aryl methyl sites for hydroxylation is 1. The molecule has 156 valence electrons. The van der Waals surface area contributed by atoms with Gasteiger partial charge in [-0.2, -0.15) is 0 Å². The number of anilines is 1. The molecule has 1 amide bonds. The fourth-order valence-corrected chi connectivity index (χ4v) is 2.91. The van der Waals surface area contributed by atoms with E-state index in [1.165, 1.54) is 0 Å². The molecule has 9 nitrogen and oxygen atoms in total. The van der Waals surface area contributed by atoms with E-state index in [-0.39, 0.29) is 18.0 Å². The van der Waals surface area contributed by atoms with E-state index in [0.29, 0.717) is 28.6 Å². The minimum Gasteiger partial charge on any atom is -0.424 e. The standard InChI is InChI=1S/C22H21N7O2/c1-14(2)29-13-25-28-20(29)17-6-4-7-19(26-17)27-21(30)16-9-8-15(3)18(12-16)31-22-23-10-5-11-24-22/h4-14H,1-3H3,(H,26,27,30). The molecule has 1 aromatic carbocycles. The number of nitrogens with one attached hydrogen (secondary N) is 1. The van der Waals surface area contributed by atoms with Crippen LogP contribution in [-0.4, -0.2) is 35.6 Å². The number of aromatic nitrogens is 6. The van der Waals surface area contributed by atoms with E-state index >= 15 is 0 Å². The summed E-state index contributed by atoms with van der Waals surface area (Å²) in [5.41, 5.74) is 1.91. The lowest BCUT2D eigenvalue weighted by Gasteiger charge is -2.11. The number of hydrogen-bond donors (Lipinski definition) is 1. The highest BCUT2D eigenvalue weighted by Crippen LogP contribution is 2.25. The molecule has 0 saturated heterocycles.